The summed E-state index contributed by atoms with van der Waals surface area (Å²) in [5.74, 6) is 2.62. The van der Waals surface area contributed by atoms with Gasteiger partial charge < -0.3 is 15.0 Å². The van der Waals surface area contributed by atoms with Gasteiger partial charge in [0.25, 0.3) is 6.47 Å². The number of hydrogen-bond acceptors (Lipinski definition) is 7. The Labute approximate surface area is 233 Å². The van der Waals surface area contributed by atoms with Crippen LogP contribution in [0.2, 0.25) is 0 Å². The molecule has 1 unspecified atom stereocenters. The zero-order valence-corrected chi connectivity index (χ0v) is 24.1. The predicted octanol–water partition coefficient (Wildman–Crippen LogP) is 5.26. The molecule has 0 aromatic rings. The summed E-state index contributed by atoms with van der Waals surface area (Å²) in [6, 6.07) is 0.215. The van der Waals surface area contributed by atoms with Crippen molar-refractivity contribution >= 4 is 24.1 Å². The SMILES string of the molecule is C/C(=N\OC(=O)N(CCOC=O)CC1CCCCN1)[C@H]1CC[C@H]2[C@@H]3CCC4=CC(=O)CC[C@]4(C)[C@H]3CC[C@]12C. The first-order valence-corrected chi connectivity index (χ1v) is 15.3. The minimum absolute atomic E-state index is 0.142. The fraction of sp³-hybridized carbons (Fsp3) is 0.806. The van der Waals surface area contributed by atoms with Gasteiger partial charge in [0.15, 0.2) is 5.78 Å². The zero-order valence-electron chi connectivity index (χ0n) is 24.1. The first-order valence-electron chi connectivity index (χ1n) is 15.3. The molecule has 7 atom stereocenters. The van der Waals surface area contributed by atoms with Crippen molar-refractivity contribution in [3.05, 3.63) is 11.6 Å². The normalized spacial score (nSPS) is 38.1. The molecular weight excluding hydrogens is 494 g/mol. The Morgan fingerprint density at radius 1 is 1.13 bits per heavy atom. The third kappa shape index (κ3) is 5.55. The Balaban J connectivity index is 1.24. The minimum Gasteiger partial charge on any atom is -0.466 e. The third-order valence-electron chi connectivity index (χ3n) is 11.4. The zero-order chi connectivity index (χ0) is 27.6. The van der Waals surface area contributed by atoms with Gasteiger partial charge in [-0.25, -0.2) is 4.79 Å². The van der Waals surface area contributed by atoms with Gasteiger partial charge in [-0.3, -0.25) is 14.4 Å². The highest BCUT2D eigenvalue weighted by molar-refractivity contribution is 5.91. The van der Waals surface area contributed by atoms with Crippen molar-refractivity contribution in [3.63, 3.8) is 0 Å². The molecule has 4 aliphatic carbocycles. The lowest BCUT2D eigenvalue weighted by Gasteiger charge is -2.58. The van der Waals surface area contributed by atoms with Crippen molar-refractivity contribution in [2.75, 3.05) is 26.2 Å². The van der Waals surface area contributed by atoms with Gasteiger partial charge in [-0.15, -0.1) is 0 Å². The number of amides is 1. The first-order chi connectivity index (χ1) is 18.8. The maximum Gasteiger partial charge on any atom is 0.436 e. The number of allylic oxidation sites excluding steroid dienone is 1. The van der Waals surface area contributed by atoms with Gasteiger partial charge in [0.1, 0.15) is 6.61 Å². The molecule has 1 amide bonds. The van der Waals surface area contributed by atoms with Gasteiger partial charge in [-0.1, -0.05) is 31.0 Å². The molecule has 39 heavy (non-hydrogen) atoms. The highest BCUT2D eigenvalue weighted by atomic mass is 16.7. The van der Waals surface area contributed by atoms with E-state index in [9.17, 15) is 14.4 Å². The average molecular weight is 542 g/mol. The summed E-state index contributed by atoms with van der Waals surface area (Å²) in [6.45, 7) is 9.21. The molecule has 5 rings (SSSR count). The molecule has 8 nitrogen and oxygen atoms in total. The van der Waals surface area contributed by atoms with Crippen LogP contribution in [0.25, 0.3) is 0 Å². The second-order valence-electron chi connectivity index (χ2n) is 13.3. The Bertz CT molecular complexity index is 1000. The lowest BCUT2D eigenvalue weighted by atomic mass is 9.46. The minimum atomic E-state index is -0.481. The number of oxime groups is 1. The van der Waals surface area contributed by atoms with Crippen LogP contribution in [0.3, 0.4) is 0 Å². The molecule has 0 bridgehead atoms. The first kappa shape index (κ1) is 28.3. The van der Waals surface area contributed by atoms with Gasteiger partial charge in [0.2, 0.25) is 0 Å². The molecule has 1 aliphatic heterocycles. The van der Waals surface area contributed by atoms with E-state index in [2.05, 4.69) is 24.3 Å². The van der Waals surface area contributed by atoms with Crippen molar-refractivity contribution in [1.29, 1.82) is 0 Å². The summed E-state index contributed by atoms with van der Waals surface area (Å²) >= 11 is 0. The standard InChI is InChI=1S/C31H47N3O5/c1-21(33-39-29(37)34(16-17-38-20-35)19-23-6-4-5-15-32-23)26-9-10-27-25-8-7-22-18-24(36)11-13-30(22,2)28(25)12-14-31(26,27)3/h18,20,23,25-28,32H,4-17,19H2,1-3H3/b33-21+/t23?,25-,26+,27-,28-,30-,31+/m0/s1. The molecule has 8 heteroatoms. The summed E-state index contributed by atoms with van der Waals surface area (Å²) in [5, 5.41) is 7.89. The van der Waals surface area contributed by atoms with E-state index >= 15 is 0 Å². The summed E-state index contributed by atoms with van der Waals surface area (Å²) in [4.78, 5) is 43.0. The Kier molecular flexibility index (Phi) is 8.51. The Hall–Kier alpha value is -2.22. The lowest BCUT2D eigenvalue weighted by molar-refractivity contribution is -0.129. The topological polar surface area (TPSA) is 97.3 Å². The highest BCUT2D eigenvalue weighted by Gasteiger charge is 2.59. The van der Waals surface area contributed by atoms with Crippen molar-refractivity contribution in [2.24, 2.45) is 39.7 Å². The van der Waals surface area contributed by atoms with E-state index in [1.807, 2.05) is 13.0 Å². The van der Waals surface area contributed by atoms with Crippen LogP contribution in [0.4, 0.5) is 4.79 Å². The third-order valence-corrected chi connectivity index (χ3v) is 11.4. The highest BCUT2D eigenvalue weighted by Crippen LogP contribution is 2.66. The van der Waals surface area contributed by atoms with Crippen LogP contribution in [0, 0.1) is 34.5 Å². The molecule has 4 fully saturated rings. The molecule has 0 aromatic carbocycles. The van der Waals surface area contributed by atoms with E-state index in [0.717, 1.165) is 57.2 Å². The molecule has 0 spiro atoms. The molecule has 1 saturated heterocycles. The number of nitrogens with zero attached hydrogens (tertiary/aromatic N) is 2. The number of piperidine rings is 1. The molecule has 3 saturated carbocycles. The van der Waals surface area contributed by atoms with Crippen molar-refractivity contribution < 1.29 is 24.0 Å². The van der Waals surface area contributed by atoms with Crippen molar-refractivity contribution in [2.45, 2.75) is 97.4 Å². The van der Waals surface area contributed by atoms with Crippen LogP contribution < -0.4 is 5.32 Å². The van der Waals surface area contributed by atoms with Gasteiger partial charge in [-0.05, 0) is 106 Å². The van der Waals surface area contributed by atoms with E-state index in [1.165, 1.54) is 24.8 Å². The van der Waals surface area contributed by atoms with E-state index in [0.29, 0.717) is 48.9 Å². The summed E-state index contributed by atoms with van der Waals surface area (Å²) < 4.78 is 4.86. The van der Waals surface area contributed by atoms with Crippen molar-refractivity contribution in [3.8, 4) is 0 Å². The second-order valence-corrected chi connectivity index (χ2v) is 13.3. The summed E-state index contributed by atoms with van der Waals surface area (Å²) in [6.07, 6.45) is 13.4. The number of nitrogens with one attached hydrogen (secondary N) is 1. The Morgan fingerprint density at radius 2 is 1.97 bits per heavy atom. The molecule has 0 aromatic heterocycles. The Morgan fingerprint density at radius 3 is 2.74 bits per heavy atom. The summed E-state index contributed by atoms with van der Waals surface area (Å²) in [7, 11) is 0. The second kappa shape index (κ2) is 11.7. The molecule has 1 N–H and O–H groups in total. The van der Waals surface area contributed by atoms with Crippen LogP contribution in [0.5, 0.6) is 0 Å². The molecule has 216 valence electrons. The molecule has 0 radical (unpaired) electrons. The quantitative estimate of drug-likeness (QED) is 0.148. The molecule has 1 heterocycles. The number of carbonyl (C=O) groups is 3. The molecular formula is C31H47N3O5. The van der Waals surface area contributed by atoms with E-state index < -0.39 is 6.09 Å². The average Bonchev–Trinajstić information content (AvgIpc) is 3.29. The van der Waals surface area contributed by atoms with Crippen LogP contribution in [0.15, 0.2) is 16.8 Å². The van der Waals surface area contributed by atoms with E-state index in [4.69, 9.17) is 9.57 Å². The van der Waals surface area contributed by atoms with Gasteiger partial charge in [0, 0.05) is 24.9 Å². The largest absolute Gasteiger partial charge is 0.466 e. The molecule has 5 aliphatic rings. The van der Waals surface area contributed by atoms with Gasteiger partial charge in [0.05, 0.1) is 12.3 Å². The maximum atomic E-state index is 13.1. The fourth-order valence-electron chi connectivity index (χ4n) is 9.29. The maximum absolute atomic E-state index is 13.1. The number of ether oxygens (including phenoxy) is 1. The number of hydrogen-bond donors (Lipinski definition) is 1. The van der Waals surface area contributed by atoms with Gasteiger partial charge >= 0.3 is 6.09 Å². The van der Waals surface area contributed by atoms with E-state index in [-0.39, 0.29) is 30.0 Å². The van der Waals surface area contributed by atoms with Crippen LogP contribution in [0.1, 0.15) is 91.4 Å². The smallest absolute Gasteiger partial charge is 0.436 e. The van der Waals surface area contributed by atoms with Crippen LogP contribution in [-0.4, -0.2) is 61.2 Å². The van der Waals surface area contributed by atoms with Crippen LogP contribution in [-0.2, 0) is 19.2 Å². The predicted molar refractivity (Wildman–Crippen MR) is 149 cm³/mol. The summed E-state index contributed by atoms with van der Waals surface area (Å²) in [5.41, 5.74) is 2.66. The van der Waals surface area contributed by atoms with Crippen LogP contribution >= 0.6 is 0 Å². The number of carbonyl (C=O) groups excluding carboxylic acids is 3. The number of rotatable bonds is 8. The monoisotopic (exact) mass is 541 g/mol. The van der Waals surface area contributed by atoms with Gasteiger partial charge in [-0.2, -0.15) is 0 Å². The van der Waals surface area contributed by atoms with E-state index in [1.54, 1.807) is 4.90 Å². The number of ketones is 1. The fourth-order valence-corrected chi connectivity index (χ4v) is 9.29. The van der Waals surface area contributed by atoms with Crippen molar-refractivity contribution in [1.82, 2.24) is 10.2 Å². The number of fused-ring (bicyclic) bond motifs is 5. The lowest BCUT2D eigenvalue weighted by Crippen LogP contribution is -2.51.